The molecule has 22 heavy (non-hydrogen) atoms. The van der Waals surface area contributed by atoms with Crippen molar-refractivity contribution in [3.8, 4) is 11.5 Å². The quantitative estimate of drug-likeness (QED) is 0.897. The molecule has 1 fully saturated rings. The van der Waals surface area contributed by atoms with Gasteiger partial charge in [-0.3, -0.25) is 0 Å². The molecular weight excluding hydrogens is 278 g/mol. The molecule has 0 amide bonds. The predicted molar refractivity (Wildman–Crippen MR) is 86.8 cm³/mol. The molecule has 1 aromatic carbocycles. The fraction of sp³-hybridized carbons (Fsp3) is 0.667. The van der Waals surface area contributed by atoms with Gasteiger partial charge in [-0.25, -0.2) is 0 Å². The van der Waals surface area contributed by atoms with E-state index in [0.717, 1.165) is 30.8 Å². The number of fused-ring (bicyclic) bond motifs is 3. The third-order valence-electron chi connectivity index (χ3n) is 5.53. The van der Waals surface area contributed by atoms with Gasteiger partial charge < -0.3 is 19.9 Å². The molecule has 1 heterocycles. The highest BCUT2D eigenvalue weighted by Gasteiger charge is 2.49. The molecule has 1 aromatic rings. The standard InChI is InChI=1S/C18H27NO3/c1-5-11-6-9-14(21-4)18-15(11)16-12(10(2)19-3)7-8-13(20)17(16)22-18/h6,9-10,12-13,16-17,19-20H,5,7-8H2,1-4H3/t10?,12?,13-,16?,17?/m1/s1. The van der Waals surface area contributed by atoms with Crippen LogP contribution in [0, 0.1) is 5.92 Å². The number of benzene rings is 1. The summed E-state index contributed by atoms with van der Waals surface area (Å²) in [5.41, 5.74) is 2.57. The minimum absolute atomic E-state index is 0.147. The van der Waals surface area contributed by atoms with E-state index in [2.05, 4.69) is 25.2 Å². The monoisotopic (exact) mass is 305 g/mol. The third kappa shape index (κ3) is 2.29. The number of aliphatic hydroxyl groups is 1. The summed E-state index contributed by atoms with van der Waals surface area (Å²) in [6.07, 6.45) is 2.25. The molecule has 0 spiro atoms. The number of aliphatic hydroxyl groups excluding tert-OH is 1. The minimum atomic E-state index is -0.396. The van der Waals surface area contributed by atoms with Gasteiger partial charge in [0, 0.05) is 17.5 Å². The van der Waals surface area contributed by atoms with Crippen molar-refractivity contribution >= 4 is 0 Å². The van der Waals surface area contributed by atoms with Gasteiger partial charge in [0.15, 0.2) is 11.5 Å². The lowest BCUT2D eigenvalue weighted by Gasteiger charge is -2.39. The van der Waals surface area contributed by atoms with Crippen LogP contribution in [-0.4, -0.2) is 37.5 Å². The molecule has 122 valence electrons. The van der Waals surface area contributed by atoms with Crippen molar-refractivity contribution in [2.45, 2.75) is 57.3 Å². The van der Waals surface area contributed by atoms with Gasteiger partial charge in [0.25, 0.3) is 0 Å². The molecule has 2 aliphatic rings. The van der Waals surface area contributed by atoms with E-state index in [1.54, 1.807) is 7.11 Å². The van der Waals surface area contributed by atoms with Crippen LogP contribution in [0.4, 0.5) is 0 Å². The first-order valence-electron chi connectivity index (χ1n) is 8.34. The van der Waals surface area contributed by atoms with Gasteiger partial charge in [-0.1, -0.05) is 13.0 Å². The van der Waals surface area contributed by atoms with Crippen LogP contribution in [0.1, 0.15) is 43.7 Å². The van der Waals surface area contributed by atoms with Gasteiger partial charge in [-0.2, -0.15) is 0 Å². The SMILES string of the molecule is CCc1ccc(OC)c2c1C1C(C(C)NC)CC[C@@H](O)C1O2. The van der Waals surface area contributed by atoms with E-state index in [9.17, 15) is 5.11 Å². The van der Waals surface area contributed by atoms with Crippen molar-refractivity contribution in [3.05, 3.63) is 23.3 Å². The Morgan fingerprint density at radius 2 is 2.18 bits per heavy atom. The molecule has 4 heteroatoms. The number of hydrogen-bond donors (Lipinski definition) is 2. The maximum Gasteiger partial charge on any atom is 0.165 e. The molecule has 4 nitrogen and oxygen atoms in total. The summed E-state index contributed by atoms with van der Waals surface area (Å²) in [4.78, 5) is 0. The summed E-state index contributed by atoms with van der Waals surface area (Å²) in [7, 11) is 3.68. The first-order valence-corrected chi connectivity index (χ1v) is 8.34. The third-order valence-corrected chi connectivity index (χ3v) is 5.53. The molecule has 4 unspecified atom stereocenters. The van der Waals surface area contributed by atoms with Crippen molar-refractivity contribution in [2.75, 3.05) is 14.2 Å². The second-order valence-corrected chi connectivity index (χ2v) is 6.52. The summed E-state index contributed by atoms with van der Waals surface area (Å²) in [5, 5.41) is 13.9. The molecule has 1 saturated carbocycles. The van der Waals surface area contributed by atoms with Crippen molar-refractivity contribution in [1.82, 2.24) is 5.32 Å². The molecular formula is C18H27NO3. The van der Waals surface area contributed by atoms with Gasteiger partial charge in [-0.15, -0.1) is 0 Å². The van der Waals surface area contributed by atoms with Gasteiger partial charge in [0.05, 0.1) is 13.2 Å². The largest absolute Gasteiger partial charge is 0.493 e. The van der Waals surface area contributed by atoms with Gasteiger partial charge >= 0.3 is 0 Å². The predicted octanol–water partition coefficient (Wildman–Crippen LogP) is 2.48. The van der Waals surface area contributed by atoms with E-state index in [4.69, 9.17) is 9.47 Å². The minimum Gasteiger partial charge on any atom is -0.493 e. The Hall–Kier alpha value is -1.26. The van der Waals surface area contributed by atoms with E-state index >= 15 is 0 Å². The molecule has 0 aromatic heterocycles. The summed E-state index contributed by atoms with van der Waals surface area (Å²) in [6.45, 7) is 4.40. The zero-order chi connectivity index (χ0) is 15.9. The van der Waals surface area contributed by atoms with Crippen molar-refractivity contribution in [2.24, 2.45) is 5.92 Å². The normalized spacial score (nSPS) is 31.1. The smallest absolute Gasteiger partial charge is 0.165 e. The summed E-state index contributed by atoms with van der Waals surface area (Å²) in [6, 6.07) is 4.52. The van der Waals surface area contributed by atoms with Crippen LogP contribution in [0.3, 0.4) is 0 Å². The van der Waals surface area contributed by atoms with E-state index in [0.29, 0.717) is 12.0 Å². The number of hydrogen-bond acceptors (Lipinski definition) is 4. The Morgan fingerprint density at radius 3 is 2.82 bits per heavy atom. The molecule has 0 radical (unpaired) electrons. The van der Waals surface area contributed by atoms with Crippen LogP contribution >= 0.6 is 0 Å². The maximum absolute atomic E-state index is 10.5. The Morgan fingerprint density at radius 1 is 1.41 bits per heavy atom. The van der Waals surface area contributed by atoms with E-state index in [-0.39, 0.29) is 12.0 Å². The summed E-state index contributed by atoms with van der Waals surface area (Å²) in [5.74, 6) is 2.35. The second kappa shape index (κ2) is 6.09. The van der Waals surface area contributed by atoms with Crippen LogP contribution in [0.5, 0.6) is 11.5 Å². The zero-order valence-electron chi connectivity index (χ0n) is 13.9. The molecule has 0 saturated heterocycles. The molecule has 5 atom stereocenters. The Labute approximate surface area is 132 Å². The van der Waals surface area contributed by atoms with Gasteiger partial charge in [0.1, 0.15) is 6.10 Å². The Kier molecular flexibility index (Phi) is 4.33. The molecule has 1 aliphatic heterocycles. The van der Waals surface area contributed by atoms with Crippen LogP contribution < -0.4 is 14.8 Å². The average Bonchev–Trinajstić information content (AvgIpc) is 2.95. The summed E-state index contributed by atoms with van der Waals surface area (Å²) < 4.78 is 11.7. The average molecular weight is 305 g/mol. The number of methoxy groups -OCH3 is 1. The van der Waals surface area contributed by atoms with E-state index in [1.807, 2.05) is 13.1 Å². The lowest BCUT2D eigenvalue weighted by molar-refractivity contribution is -0.0156. The lowest BCUT2D eigenvalue weighted by atomic mass is 9.69. The van der Waals surface area contributed by atoms with Crippen LogP contribution in [0.15, 0.2) is 12.1 Å². The highest BCUT2D eigenvalue weighted by molar-refractivity contribution is 5.56. The zero-order valence-corrected chi connectivity index (χ0v) is 13.9. The number of ether oxygens (including phenoxy) is 2. The molecule has 3 rings (SSSR count). The van der Waals surface area contributed by atoms with Crippen LogP contribution in [0.25, 0.3) is 0 Å². The Balaban J connectivity index is 2.10. The highest BCUT2D eigenvalue weighted by atomic mass is 16.5. The first-order chi connectivity index (χ1) is 10.6. The summed E-state index contributed by atoms with van der Waals surface area (Å²) >= 11 is 0. The van der Waals surface area contributed by atoms with Gasteiger partial charge in [0.2, 0.25) is 0 Å². The molecule has 2 N–H and O–H groups in total. The topological polar surface area (TPSA) is 50.7 Å². The fourth-order valence-electron chi connectivity index (χ4n) is 4.21. The van der Waals surface area contributed by atoms with Crippen molar-refractivity contribution < 1.29 is 14.6 Å². The van der Waals surface area contributed by atoms with Crippen LogP contribution in [-0.2, 0) is 6.42 Å². The number of nitrogens with one attached hydrogen (secondary N) is 1. The molecule has 0 bridgehead atoms. The molecule has 1 aliphatic carbocycles. The second-order valence-electron chi connectivity index (χ2n) is 6.52. The Bertz CT molecular complexity index is 545. The fourth-order valence-corrected chi connectivity index (χ4v) is 4.21. The first kappa shape index (κ1) is 15.6. The highest BCUT2D eigenvalue weighted by Crippen LogP contribution is 2.53. The van der Waals surface area contributed by atoms with Crippen molar-refractivity contribution in [3.63, 3.8) is 0 Å². The maximum atomic E-state index is 10.5. The van der Waals surface area contributed by atoms with Crippen molar-refractivity contribution in [1.29, 1.82) is 0 Å². The van der Waals surface area contributed by atoms with Crippen LogP contribution in [0.2, 0.25) is 0 Å². The van der Waals surface area contributed by atoms with Gasteiger partial charge in [-0.05, 0) is 50.8 Å². The van der Waals surface area contributed by atoms with E-state index in [1.165, 1.54) is 11.1 Å². The number of aryl methyl sites for hydroxylation is 1. The van der Waals surface area contributed by atoms with E-state index < -0.39 is 6.10 Å². The lowest BCUT2D eigenvalue weighted by Crippen LogP contribution is -2.47. The number of rotatable bonds is 4.